The Hall–Kier alpha value is -3.72. The Morgan fingerprint density at radius 2 is 1.86 bits per heavy atom. The average Bonchev–Trinajstić information content (AvgIpc) is 3.13. The third-order valence-corrected chi connectivity index (χ3v) is 5.78. The van der Waals surface area contributed by atoms with Gasteiger partial charge in [0.2, 0.25) is 5.75 Å². The summed E-state index contributed by atoms with van der Waals surface area (Å²) in [6.07, 6.45) is 4.21. The number of nitrogens with zero attached hydrogens (tertiary/aromatic N) is 3. The standard InChI is InChI=1S/C19H13N3O5S/c23-22(24)17-5-1-2-6-19(17)27-15-8-7-14-9-11-21(18(14)12-15)28(25,26)16-4-3-10-20-13-16/h1-13H. The maximum absolute atomic E-state index is 12.9. The van der Waals surface area contributed by atoms with Crippen molar-refractivity contribution in [1.29, 1.82) is 0 Å². The molecule has 0 saturated heterocycles. The van der Waals surface area contributed by atoms with Crippen LogP contribution >= 0.6 is 0 Å². The number of pyridine rings is 1. The van der Waals surface area contributed by atoms with Crippen LogP contribution in [0.4, 0.5) is 5.69 Å². The van der Waals surface area contributed by atoms with E-state index < -0.39 is 14.9 Å². The molecule has 0 spiro atoms. The number of nitro benzene ring substituents is 1. The molecule has 8 nitrogen and oxygen atoms in total. The molecule has 0 radical (unpaired) electrons. The van der Waals surface area contributed by atoms with Gasteiger partial charge in [0.1, 0.15) is 10.6 Å². The normalized spacial score (nSPS) is 11.4. The van der Waals surface area contributed by atoms with E-state index in [9.17, 15) is 18.5 Å². The Morgan fingerprint density at radius 1 is 1.04 bits per heavy atom. The minimum atomic E-state index is -3.84. The molecule has 0 unspecified atom stereocenters. The van der Waals surface area contributed by atoms with Crippen molar-refractivity contribution in [1.82, 2.24) is 8.96 Å². The number of nitro groups is 1. The summed E-state index contributed by atoms with van der Waals surface area (Å²) in [6.45, 7) is 0. The van der Waals surface area contributed by atoms with Crippen LogP contribution in [0.2, 0.25) is 0 Å². The largest absolute Gasteiger partial charge is 0.450 e. The van der Waals surface area contributed by atoms with Crippen LogP contribution in [0.25, 0.3) is 10.9 Å². The number of para-hydroxylation sites is 2. The molecule has 2 heterocycles. The van der Waals surface area contributed by atoms with Gasteiger partial charge in [-0.15, -0.1) is 0 Å². The summed E-state index contributed by atoms with van der Waals surface area (Å²) in [5.41, 5.74) is 0.209. The second kappa shape index (κ2) is 6.78. The summed E-state index contributed by atoms with van der Waals surface area (Å²) >= 11 is 0. The van der Waals surface area contributed by atoms with E-state index in [0.717, 1.165) is 3.97 Å². The summed E-state index contributed by atoms with van der Waals surface area (Å²) in [6, 6.07) is 15.5. The lowest BCUT2D eigenvalue weighted by molar-refractivity contribution is -0.385. The SMILES string of the molecule is O=[N+]([O-])c1ccccc1Oc1ccc2ccn(S(=O)(=O)c3cccnc3)c2c1. The lowest BCUT2D eigenvalue weighted by atomic mass is 10.2. The molecular formula is C19H13N3O5S. The maximum atomic E-state index is 12.9. The van der Waals surface area contributed by atoms with Gasteiger partial charge in [0.25, 0.3) is 10.0 Å². The summed E-state index contributed by atoms with van der Waals surface area (Å²) in [7, 11) is -3.84. The molecule has 28 heavy (non-hydrogen) atoms. The molecule has 140 valence electrons. The second-order valence-electron chi connectivity index (χ2n) is 5.85. The first-order valence-corrected chi connectivity index (χ1v) is 9.59. The fourth-order valence-corrected chi connectivity index (χ4v) is 4.10. The first-order valence-electron chi connectivity index (χ1n) is 8.15. The molecule has 9 heteroatoms. The number of rotatable bonds is 5. The van der Waals surface area contributed by atoms with Crippen molar-refractivity contribution < 1.29 is 18.1 Å². The van der Waals surface area contributed by atoms with E-state index in [-0.39, 0.29) is 22.1 Å². The van der Waals surface area contributed by atoms with Crippen molar-refractivity contribution >= 4 is 26.6 Å². The van der Waals surface area contributed by atoms with Gasteiger partial charge >= 0.3 is 5.69 Å². The minimum absolute atomic E-state index is 0.0533. The Kier molecular flexibility index (Phi) is 4.28. The molecule has 4 aromatic rings. The van der Waals surface area contributed by atoms with Gasteiger partial charge in [0.05, 0.1) is 10.4 Å². The Bertz CT molecular complexity index is 1280. The van der Waals surface area contributed by atoms with Crippen LogP contribution < -0.4 is 4.74 Å². The van der Waals surface area contributed by atoms with Crippen molar-refractivity contribution in [2.45, 2.75) is 4.90 Å². The Labute approximate surface area is 159 Å². The number of hydrogen-bond donors (Lipinski definition) is 0. The highest BCUT2D eigenvalue weighted by Crippen LogP contribution is 2.33. The highest BCUT2D eigenvalue weighted by atomic mass is 32.2. The number of fused-ring (bicyclic) bond motifs is 1. The number of benzene rings is 2. The van der Waals surface area contributed by atoms with Gasteiger partial charge in [-0.2, -0.15) is 0 Å². The van der Waals surface area contributed by atoms with Gasteiger partial charge in [-0.3, -0.25) is 15.1 Å². The first-order chi connectivity index (χ1) is 13.5. The van der Waals surface area contributed by atoms with Crippen molar-refractivity contribution in [2.75, 3.05) is 0 Å². The van der Waals surface area contributed by atoms with Crippen LogP contribution in [-0.2, 0) is 10.0 Å². The zero-order valence-electron chi connectivity index (χ0n) is 14.3. The second-order valence-corrected chi connectivity index (χ2v) is 7.67. The molecular weight excluding hydrogens is 382 g/mol. The predicted molar refractivity (Wildman–Crippen MR) is 102 cm³/mol. The number of aromatic nitrogens is 2. The van der Waals surface area contributed by atoms with E-state index in [1.807, 2.05) is 0 Å². The molecule has 0 bridgehead atoms. The molecule has 0 atom stereocenters. The Morgan fingerprint density at radius 3 is 2.61 bits per heavy atom. The van der Waals surface area contributed by atoms with Crippen molar-refractivity contribution in [2.24, 2.45) is 0 Å². The summed E-state index contributed by atoms with van der Waals surface area (Å²) in [5.74, 6) is 0.350. The van der Waals surface area contributed by atoms with Crippen LogP contribution in [0, 0.1) is 10.1 Å². The molecule has 0 saturated carbocycles. The van der Waals surface area contributed by atoms with Crippen LogP contribution in [0.15, 0.2) is 84.1 Å². The van der Waals surface area contributed by atoms with Gasteiger partial charge in [-0.05, 0) is 36.4 Å². The van der Waals surface area contributed by atoms with Crippen molar-refractivity contribution in [3.8, 4) is 11.5 Å². The van der Waals surface area contributed by atoms with E-state index in [1.54, 1.807) is 36.4 Å². The summed E-state index contributed by atoms with van der Waals surface area (Å²) in [4.78, 5) is 14.5. The third kappa shape index (κ3) is 3.08. The van der Waals surface area contributed by atoms with E-state index >= 15 is 0 Å². The third-order valence-electron chi connectivity index (χ3n) is 4.11. The maximum Gasteiger partial charge on any atom is 0.311 e. The lowest BCUT2D eigenvalue weighted by Gasteiger charge is -2.09. The van der Waals surface area contributed by atoms with Crippen LogP contribution in [0.1, 0.15) is 0 Å². The zero-order valence-corrected chi connectivity index (χ0v) is 15.1. The topological polar surface area (TPSA) is 104 Å². The zero-order chi connectivity index (χ0) is 19.7. The van der Waals surface area contributed by atoms with Crippen molar-refractivity contribution in [3.63, 3.8) is 0 Å². The average molecular weight is 395 g/mol. The molecule has 0 N–H and O–H groups in total. The fourth-order valence-electron chi connectivity index (χ4n) is 2.79. The highest BCUT2D eigenvalue weighted by molar-refractivity contribution is 7.90. The Balaban J connectivity index is 1.79. The van der Waals surface area contributed by atoms with Crippen molar-refractivity contribution in [3.05, 3.63) is 89.4 Å². The molecule has 2 aromatic heterocycles. The summed E-state index contributed by atoms with van der Waals surface area (Å²) < 4.78 is 32.6. The van der Waals surface area contributed by atoms with Crippen LogP contribution in [0.3, 0.4) is 0 Å². The van der Waals surface area contributed by atoms with Gasteiger partial charge in [-0.25, -0.2) is 12.4 Å². The molecule has 2 aromatic carbocycles. The smallest absolute Gasteiger partial charge is 0.311 e. The van der Waals surface area contributed by atoms with Gasteiger partial charge in [0.15, 0.2) is 0 Å². The first kappa shape index (κ1) is 17.7. The minimum Gasteiger partial charge on any atom is -0.450 e. The highest BCUT2D eigenvalue weighted by Gasteiger charge is 2.20. The van der Waals surface area contributed by atoms with E-state index in [0.29, 0.717) is 10.9 Å². The fraction of sp³-hybridized carbons (Fsp3) is 0. The number of ether oxygens (including phenoxy) is 1. The quantitative estimate of drug-likeness (QED) is 0.374. The van der Waals surface area contributed by atoms with Crippen LogP contribution in [0.5, 0.6) is 11.5 Å². The van der Waals surface area contributed by atoms with Gasteiger partial charge in [0, 0.05) is 36.1 Å². The van der Waals surface area contributed by atoms with Crippen LogP contribution in [-0.4, -0.2) is 22.3 Å². The number of hydrogen-bond acceptors (Lipinski definition) is 6. The molecule has 0 aliphatic rings. The van der Waals surface area contributed by atoms with Gasteiger partial charge < -0.3 is 4.74 Å². The molecule has 0 fully saturated rings. The lowest BCUT2D eigenvalue weighted by Crippen LogP contribution is -2.11. The molecule has 0 aliphatic carbocycles. The van der Waals surface area contributed by atoms with Gasteiger partial charge in [-0.1, -0.05) is 12.1 Å². The predicted octanol–water partition coefficient (Wildman–Crippen LogP) is 3.97. The van der Waals surface area contributed by atoms with E-state index in [2.05, 4.69) is 4.98 Å². The van der Waals surface area contributed by atoms with E-state index in [1.165, 1.54) is 42.9 Å². The monoisotopic (exact) mass is 395 g/mol. The summed E-state index contributed by atoms with van der Waals surface area (Å²) in [5, 5.41) is 11.8. The van der Waals surface area contributed by atoms with E-state index in [4.69, 9.17) is 4.74 Å². The molecule has 4 rings (SSSR count). The molecule has 0 aliphatic heterocycles. The molecule has 0 amide bonds.